The van der Waals surface area contributed by atoms with Gasteiger partial charge in [-0.15, -0.1) is 0 Å². The van der Waals surface area contributed by atoms with Crippen LogP contribution in [-0.2, 0) is 12.0 Å². The highest BCUT2D eigenvalue weighted by molar-refractivity contribution is 9.10. The highest BCUT2D eigenvalue weighted by Gasteiger charge is 2.31. The van der Waals surface area contributed by atoms with Gasteiger partial charge in [-0.2, -0.15) is 0 Å². The van der Waals surface area contributed by atoms with Crippen molar-refractivity contribution in [1.82, 2.24) is 4.90 Å². The number of aryl methyl sites for hydroxylation is 1. The van der Waals surface area contributed by atoms with E-state index in [1.54, 1.807) is 5.56 Å². The number of hydrogen-bond donors (Lipinski definition) is 0. The Hall–Kier alpha value is -0.340. The molecule has 0 aromatic heterocycles. The lowest BCUT2D eigenvalue weighted by Gasteiger charge is -2.39. The summed E-state index contributed by atoms with van der Waals surface area (Å²) in [7, 11) is 2.20. The van der Waals surface area contributed by atoms with Gasteiger partial charge in [0.2, 0.25) is 0 Å². The first-order chi connectivity index (χ1) is 6.90. The maximum atomic E-state index is 3.58. The summed E-state index contributed by atoms with van der Waals surface area (Å²) in [6, 6.07) is 4.49. The Labute approximate surface area is 101 Å². The molecule has 0 atom stereocenters. The minimum absolute atomic E-state index is 0.271. The largest absolute Gasteiger partial charge is 0.301 e. The van der Waals surface area contributed by atoms with Crippen LogP contribution in [0.25, 0.3) is 0 Å². The maximum absolute atomic E-state index is 3.58. The fourth-order valence-electron chi connectivity index (χ4n) is 3.01. The van der Waals surface area contributed by atoms with E-state index in [4.69, 9.17) is 0 Å². The zero-order chi connectivity index (χ0) is 11.2. The van der Waals surface area contributed by atoms with Gasteiger partial charge in [-0.05, 0) is 42.8 Å². The molecule has 1 aliphatic rings. The molecule has 0 bridgehead atoms. The zero-order valence-electron chi connectivity index (χ0n) is 9.89. The van der Waals surface area contributed by atoms with E-state index in [0.717, 1.165) is 13.1 Å². The molecule has 2 heteroatoms. The summed E-state index contributed by atoms with van der Waals surface area (Å²) in [6.07, 6.45) is 0. The second-order valence-electron chi connectivity index (χ2n) is 5.31. The van der Waals surface area contributed by atoms with Crippen molar-refractivity contribution < 1.29 is 0 Å². The summed E-state index contributed by atoms with van der Waals surface area (Å²) in [5.41, 5.74) is 4.70. The first-order valence-electron chi connectivity index (χ1n) is 5.38. The van der Waals surface area contributed by atoms with Crippen LogP contribution in [0.5, 0.6) is 0 Å². The first-order valence-corrected chi connectivity index (χ1v) is 6.17. The van der Waals surface area contributed by atoms with Gasteiger partial charge in [0.05, 0.1) is 0 Å². The van der Waals surface area contributed by atoms with Gasteiger partial charge in [0, 0.05) is 23.0 Å². The Bertz CT molecular complexity index is 396. The molecule has 1 heterocycles. The van der Waals surface area contributed by atoms with Crippen molar-refractivity contribution in [2.45, 2.75) is 32.7 Å². The lowest BCUT2D eigenvalue weighted by atomic mass is 9.76. The third-order valence-electron chi connectivity index (χ3n) is 3.16. The molecule has 0 N–H and O–H groups in total. The fourth-order valence-corrected chi connectivity index (χ4v) is 3.63. The molecule has 15 heavy (non-hydrogen) atoms. The van der Waals surface area contributed by atoms with Crippen LogP contribution in [0.4, 0.5) is 0 Å². The summed E-state index contributed by atoms with van der Waals surface area (Å²) >= 11 is 3.58. The van der Waals surface area contributed by atoms with Crippen LogP contribution in [0, 0.1) is 6.92 Å². The van der Waals surface area contributed by atoms with Crippen molar-refractivity contribution in [2.75, 3.05) is 13.6 Å². The van der Waals surface area contributed by atoms with Crippen LogP contribution in [0.15, 0.2) is 16.6 Å². The summed E-state index contributed by atoms with van der Waals surface area (Å²) in [6.45, 7) is 9.10. The monoisotopic (exact) mass is 267 g/mol. The minimum atomic E-state index is 0.271. The number of rotatable bonds is 0. The lowest BCUT2D eigenvalue weighted by Crippen LogP contribution is -2.40. The van der Waals surface area contributed by atoms with Gasteiger partial charge >= 0.3 is 0 Å². The SMILES string of the molecule is Cc1cc(Br)cc2c1C(C)(C)CN(C)C2. The topological polar surface area (TPSA) is 3.24 Å². The molecule has 0 amide bonds. The third kappa shape index (κ3) is 1.98. The molecule has 0 saturated heterocycles. The van der Waals surface area contributed by atoms with E-state index in [1.807, 2.05) is 0 Å². The van der Waals surface area contributed by atoms with Gasteiger partial charge < -0.3 is 4.90 Å². The fraction of sp³-hybridized carbons (Fsp3) is 0.538. The van der Waals surface area contributed by atoms with Crippen molar-refractivity contribution in [3.63, 3.8) is 0 Å². The number of benzene rings is 1. The van der Waals surface area contributed by atoms with Gasteiger partial charge in [-0.3, -0.25) is 0 Å². The van der Waals surface area contributed by atoms with Gasteiger partial charge in [-0.25, -0.2) is 0 Å². The number of likely N-dealkylation sites (N-methyl/N-ethyl adjacent to an activating group) is 1. The van der Waals surface area contributed by atoms with Gasteiger partial charge in [0.1, 0.15) is 0 Å². The Morgan fingerprint density at radius 2 is 2.00 bits per heavy atom. The Morgan fingerprint density at radius 3 is 2.67 bits per heavy atom. The van der Waals surface area contributed by atoms with Crippen LogP contribution < -0.4 is 0 Å². The zero-order valence-corrected chi connectivity index (χ0v) is 11.5. The van der Waals surface area contributed by atoms with E-state index in [2.05, 4.69) is 60.8 Å². The Morgan fingerprint density at radius 1 is 1.33 bits per heavy atom. The van der Waals surface area contributed by atoms with Gasteiger partial charge in [-0.1, -0.05) is 29.8 Å². The van der Waals surface area contributed by atoms with Crippen molar-refractivity contribution >= 4 is 15.9 Å². The molecule has 0 aliphatic carbocycles. The van der Waals surface area contributed by atoms with Gasteiger partial charge in [0.25, 0.3) is 0 Å². The van der Waals surface area contributed by atoms with Gasteiger partial charge in [0.15, 0.2) is 0 Å². The Balaban J connectivity index is 2.62. The van der Waals surface area contributed by atoms with Crippen LogP contribution in [0.2, 0.25) is 0 Å². The highest BCUT2D eigenvalue weighted by atomic mass is 79.9. The molecule has 2 rings (SSSR count). The second kappa shape index (κ2) is 3.60. The predicted molar refractivity (Wildman–Crippen MR) is 68.2 cm³/mol. The quantitative estimate of drug-likeness (QED) is 0.696. The smallest absolute Gasteiger partial charge is 0.0234 e. The summed E-state index contributed by atoms with van der Waals surface area (Å²) in [4.78, 5) is 2.40. The average Bonchev–Trinajstić information content (AvgIpc) is 1.97. The average molecular weight is 268 g/mol. The van der Waals surface area contributed by atoms with E-state index in [-0.39, 0.29) is 5.41 Å². The lowest BCUT2D eigenvalue weighted by molar-refractivity contribution is 0.235. The normalized spacial score (nSPS) is 20.1. The number of fused-ring (bicyclic) bond motifs is 1. The van der Waals surface area contributed by atoms with Crippen LogP contribution >= 0.6 is 15.9 Å². The van der Waals surface area contributed by atoms with Crippen LogP contribution in [0.1, 0.15) is 30.5 Å². The molecular weight excluding hydrogens is 250 g/mol. The highest BCUT2D eigenvalue weighted by Crippen LogP contribution is 2.36. The van der Waals surface area contributed by atoms with E-state index in [1.165, 1.54) is 15.6 Å². The van der Waals surface area contributed by atoms with Crippen molar-refractivity contribution in [3.8, 4) is 0 Å². The molecular formula is C13H18BrN. The van der Waals surface area contributed by atoms with E-state index < -0.39 is 0 Å². The molecule has 0 fully saturated rings. The van der Waals surface area contributed by atoms with E-state index in [0.29, 0.717) is 0 Å². The van der Waals surface area contributed by atoms with E-state index in [9.17, 15) is 0 Å². The van der Waals surface area contributed by atoms with Crippen LogP contribution in [-0.4, -0.2) is 18.5 Å². The van der Waals surface area contributed by atoms with Crippen molar-refractivity contribution in [1.29, 1.82) is 0 Å². The molecule has 0 saturated carbocycles. The number of nitrogens with zero attached hydrogens (tertiary/aromatic N) is 1. The number of hydrogen-bond acceptors (Lipinski definition) is 1. The molecule has 0 unspecified atom stereocenters. The Kier molecular flexibility index (Phi) is 2.68. The molecule has 1 nitrogen and oxygen atoms in total. The first kappa shape index (κ1) is 11.2. The molecule has 82 valence electrons. The summed E-state index contributed by atoms with van der Waals surface area (Å²) in [5.74, 6) is 0. The van der Waals surface area contributed by atoms with Crippen molar-refractivity contribution in [2.24, 2.45) is 0 Å². The van der Waals surface area contributed by atoms with E-state index >= 15 is 0 Å². The van der Waals surface area contributed by atoms with Crippen molar-refractivity contribution in [3.05, 3.63) is 33.3 Å². The number of halogens is 1. The predicted octanol–water partition coefficient (Wildman–Crippen LogP) is 3.48. The standard InChI is InChI=1S/C13H18BrN/c1-9-5-11(14)6-10-7-15(4)8-13(2,3)12(9)10/h5-6H,7-8H2,1-4H3. The maximum Gasteiger partial charge on any atom is 0.0234 e. The second-order valence-corrected chi connectivity index (χ2v) is 6.23. The third-order valence-corrected chi connectivity index (χ3v) is 3.62. The molecule has 0 radical (unpaired) electrons. The molecule has 0 spiro atoms. The summed E-state index contributed by atoms with van der Waals surface area (Å²) in [5, 5.41) is 0. The minimum Gasteiger partial charge on any atom is -0.301 e. The molecule has 1 aromatic rings. The molecule has 1 aromatic carbocycles. The summed E-state index contributed by atoms with van der Waals surface area (Å²) < 4.78 is 1.20. The molecule has 1 aliphatic heterocycles. The van der Waals surface area contributed by atoms with Crippen LogP contribution in [0.3, 0.4) is 0 Å².